The molecule has 2 rings (SSSR count). The van der Waals surface area contributed by atoms with Crippen LogP contribution in [0.3, 0.4) is 0 Å². The van der Waals surface area contributed by atoms with Gasteiger partial charge in [-0.3, -0.25) is 4.90 Å². The quantitative estimate of drug-likeness (QED) is 0.841. The lowest BCUT2D eigenvalue weighted by Gasteiger charge is -2.48. The van der Waals surface area contributed by atoms with Gasteiger partial charge in [0.2, 0.25) is 0 Å². The molecule has 112 valence electrons. The fourth-order valence-corrected chi connectivity index (χ4v) is 4.71. The van der Waals surface area contributed by atoms with Crippen LogP contribution < -0.4 is 5.73 Å². The summed E-state index contributed by atoms with van der Waals surface area (Å²) < 4.78 is 0. The van der Waals surface area contributed by atoms with Crippen molar-refractivity contribution in [2.24, 2.45) is 23.5 Å². The van der Waals surface area contributed by atoms with E-state index in [0.717, 1.165) is 17.8 Å². The van der Waals surface area contributed by atoms with Crippen LogP contribution in [0.2, 0.25) is 0 Å². The van der Waals surface area contributed by atoms with E-state index in [-0.39, 0.29) is 5.54 Å². The number of hydrogen-bond donors (Lipinski definition) is 1. The molecular formula is C17H34N2. The van der Waals surface area contributed by atoms with E-state index < -0.39 is 0 Å². The van der Waals surface area contributed by atoms with Crippen molar-refractivity contribution in [3.63, 3.8) is 0 Å². The first-order chi connectivity index (χ1) is 8.97. The highest BCUT2D eigenvalue weighted by Crippen LogP contribution is 2.39. The van der Waals surface area contributed by atoms with E-state index in [1.54, 1.807) is 0 Å². The van der Waals surface area contributed by atoms with Crippen LogP contribution >= 0.6 is 0 Å². The van der Waals surface area contributed by atoms with Crippen LogP contribution in [-0.4, -0.2) is 29.6 Å². The highest BCUT2D eigenvalue weighted by molar-refractivity contribution is 5.00. The summed E-state index contributed by atoms with van der Waals surface area (Å²) in [5.74, 6) is 2.45. The minimum absolute atomic E-state index is 0.220. The van der Waals surface area contributed by atoms with Gasteiger partial charge >= 0.3 is 0 Å². The fourth-order valence-electron chi connectivity index (χ4n) is 4.71. The molecule has 4 unspecified atom stereocenters. The van der Waals surface area contributed by atoms with Gasteiger partial charge in [-0.2, -0.15) is 0 Å². The Hall–Kier alpha value is -0.0800. The molecule has 1 aliphatic heterocycles. The van der Waals surface area contributed by atoms with Crippen molar-refractivity contribution in [2.45, 2.75) is 77.8 Å². The Morgan fingerprint density at radius 3 is 2.11 bits per heavy atom. The lowest BCUT2D eigenvalue weighted by molar-refractivity contribution is 0.0509. The molecule has 0 aromatic heterocycles. The molecule has 0 aromatic rings. The smallest absolute Gasteiger partial charge is 0.0332 e. The van der Waals surface area contributed by atoms with Crippen LogP contribution in [0.25, 0.3) is 0 Å². The summed E-state index contributed by atoms with van der Waals surface area (Å²) in [5.41, 5.74) is 7.02. The zero-order chi connectivity index (χ0) is 14.0. The zero-order valence-electron chi connectivity index (χ0n) is 13.5. The maximum absolute atomic E-state index is 6.80. The van der Waals surface area contributed by atoms with Gasteiger partial charge < -0.3 is 5.73 Å². The summed E-state index contributed by atoms with van der Waals surface area (Å²) >= 11 is 0. The van der Waals surface area contributed by atoms with Crippen molar-refractivity contribution >= 4 is 0 Å². The number of likely N-dealkylation sites (tertiary alicyclic amines) is 1. The standard InChI is InChI=1S/C17H34N2/c1-5-17(4,19-8-6-7-9-19)16(18)15-11-13(2)10-14(3)12-15/h13-16H,5-12,18H2,1-4H3. The van der Waals surface area contributed by atoms with Gasteiger partial charge in [-0.25, -0.2) is 0 Å². The third-order valence-electron chi connectivity index (χ3n) is 5.99. The molecule has 0 aromatic carbocycles. The molecule has 4 atom stereocenters. The predicted octanol–water partition coefficient (Wildman–Crippen LogP) is 3.65. The first-order valence-electron chi connectivity index (χ1n) is 8.48. The van der Waals surface area contributed by atoms with Gasteiger partial charge in [-0.1, -0.05) is 20.8 Å². The van der Waals surface area contributed by atoms with Crippen molar-refractivity contribution in [1.29, 1.82) is 0 Å². The summed E-state index contributed by atoms with van der Waals surface area (Å²) in [4.78, 5) is 2.68. The van der Waals surface area contributed by atoms with E-state index in [2.05, 4.69) is 32.6 Å². The van der Waals surface area contributed by atoms with Crippen LogP contribution in [0.5, 0.6) is 0 Å². The Balaban J connectivity index is 2.08. The maximum atomic E-state index is 6.80. The topological polar surface area (TPSA) is 29.3 Å². The second-order valence-electron chi connectivity index (χ2n) is 7.61. The van der Waals surface area contributed by atoms with Crippen molar-refractivity contribution in [1.82, 2.24) is 4.90 Å². The molecule has 2 aliphatic rings. The van der Waals surface area contributed by atoms with Gasteiger partial charge in [0.15, 0.2) is 0 Å². The van der Waals surface area contributed by atoms with Gasteiger partial charge in [0.1, 0.15) is 0 Å². The van der Waals surface area contributed by atoms with E-state index >= 15 is 0 Å². The normalized spacial score (nSPS) is 38.1. The molecule has 19 heavy (non-hydrogen) atoms. The van der Waals surface area contributed by atoms with Crippen LogP contribution in [-0.2, 0) is 0 Å². The second kappa shape index (κ2) is 6.13. The summed E-state index contributed by atoms with van der Waals surface area (Å²) in [6.07, 6.45) is 7.99. The molecule has 0 amide bonds. The van der Waals surface area contributed by atoms with Crippen molar-refractivity contribution in [3.8, 4) is 0 Å². The summed E-state index contributed by atoms with van der Waals surface area (Å²) in [6, 6.07) is 0.348. The average Bonchev–Trinajstić information content (AvgIpc) is 2.90. The summed E-state index contributed by atoms with van der Waals surface area (Å²) in [5, 5.41) is 0. The Kier molecular flexibility index (Phi) is 4.94. The minimum atomic E-state index is 0.220. The van der Waals surface area contributed by atoms with Crippen LogP contribution in [0.15, 0.2) is 0 Å². The zero-order valence-corrected chi connectivity index (χ0v) is 13.5. The van der Waals surface area contributed by atoms with Crippen LogP contribution in [0, 0.1) is 17.8 Å². The first kappa shape index (κ1) is 15.3. The van der Waals surface area contributed by atoms with Crippen molar-refractivity contribution < 1.29 is 0 Å². The molecule has 2 N–H and O–H groups in total. The SMILES string of the molecule is CCC(C)(C(N)C1CC(C)CC(C)C1)N1CCCC1. The Morgan fingerprint density at radius 1 is 1.11 bits per heavy atom. The van der Waals surface area contributed by atoms with Crippen molar-refractivity contribution in [2.75, 3.05) is 13.1 Å². The minimum Gasteiger partial charge on any atom is -0.326 e. The lowest BCUT2D eigenvalue weighted by atomic mass is 9.69. The maximum Gasteiger partial charge on any atom is 0.0332 e. The number of rotatable bonds is 4. The Morgan fingerprint density at radius 2 is 1.63 bits per heavy atom. The third-order valence-corrected chi connectivity index (χ3v) is 5.99. The molecule has 2 nitrogen and oxygen atoms in total. The Labute approximate surface area is 120 Å². The first-order valence-corrected chi connectivity index (χ1v) is 8.48. The van der Waals surface area contributed by atoms with E-state index in [0.29, 0.717) is 6.04 Å². The van der Waals surface area contributed by atoms with E-state index in [4.69, 9.17) is 5.73 Å². The second-order valence-corrected chi connectivity index (χ2v) is 7.61. The van der Waals surface area contributed by atoms with Gasteiger partial charge in [0.05, 0.1) is 0 Å². The van der Waals surface area contributed by atoms with Gasteiger partial charge in [0.25, 0.3) is 0 Å². The van der Waals surface area contributed by atoms with Crippen LogP contribution in [0.1, 0.15) is 66.2 Å². The number of nitrogens with zero attached hydrogens (tertiary/aromatic N) is 1. The van der Waals surface area contributed by atoms with Gasteiger partial charge in [-0.05, 0) is 76.3 Å². The van der Waals surface area contributed by atoms with Gasteiger partial charge in [0, 0.05) is 11.6 Å². The van der Waals surface area contributed by atoms with Crippen LogP contribution in [0.4, 0.5) is 0 Å². The molecule has 2 heteroatoms. The van der Waals surface area contributed by atoms with E-state index in [9.17, 15) is 0 Å². The average molecular weight is 266 g/mol. The van der Waals surface area contributed by atoms with Gasteiger partial charge in [-0.15, -0.1) is 0 Å². The summed E-state index contributed by atoms with van der Waals surface area (Å²) in [6.45, 7) is 12.1. The molecule has 1 saturated carbocycles. The number of nitrogens with two attached hydrogens (primary N) is 1. The molecule has 0 bridgehead atoms. The highest BCUT2D eigenvalue weighted by atomic mass is 15.2. The molecule has 0 radical (unpaired) electrons. The lowest BCUT2D eigenvalue weighted by Crippen LogP contribution is -2.60. The molecular weight excluding hydrogens is 232 g/mol. The molecule has 1 heterocycles. The molecule has 0 spiro atoms. The highest BCUT2D eigenvalue weighted by Gasteiger charge is 2.42. The Bertz CT molecular complexity index is 275. The van der Waals surface area contributed by atoms with Crippen molar-refractivity contribution in [3.05, 3.63) is 0 Å². The molecule has 1 aliphatic carbocycles. The van der Waals surface area contributed by atoms with E-state index in [1.807, 2.05) is 0 Å². The van der Waals surface area contributed by atoms with E-state index in [1.165, 1.54) is 51.6 Å². The third kappa shape index (κ3) is 3.16. The summed E-state index contributed by atoms with van der Waals surface area (Å²) in [7, 11) is 0. The fraction of sp³-hybridized carbons (Fsp3) is 1.00. The largest absolute Gasteiger partial charge is 0.326 e. The number of hydrogen-bond acceptors (Lipinski definition) is 2. The predicted molar refractivity (Wildman–Crippen MR) is 83.1 cm³/mol. The molecule has 2 fully saturated rings. The molecule has 1 saturated heterocycles. The monoisotopic (exact) mass is 266 g/mol.